The highest BCUT2D eigenvalue weighted by atomic mass is 16.3. The summed E-state index contributed by atoms with van der Waals surface area (Å²) in [5.74, 6) is 2.51. The second kappa shape index (κ2) is 9.99. The summed E-state index contributed by atoms with van der Waals surface area (Å²) in [6, 6.07) is 14.7. The first kappa shape index (κ1) is 21.5. The van der Waals surface area contributed by atoms with Crippen LogP contribution in [0, 0.1) is 35.8 Å². The number of furan rings is 2. The first-order valence-corrected chi connectivity index (χ1v) is 9.27. The van der Waals surface area contributed by atoms with E-state index in [1.54, 1.807) is 48.6 Å². The number of hydrogen-bond donors (Lipinski definition) is 0. The summed E-state index contributed by atoms with van der Waals surface area (Å²) < 4.78 is 13.7. The third kappa shape index (κ3) is 4.84. The molecule has 7 nitrogen and oxygen atoms in total. The monoisotopic (exact) mass is 417 g/mol. The van der Waals surface area contributed by atoms with Crippen LogP contribution in [0.2, 0.25) is 0 Å². The summed E-state index contributed by atoms with van der Waals surface area (Å²) in [7, 11) is 1.90. The molecule has 0 spiro atoms. The maximum Gasteiger partial charge on any atom is 0.261 e. The van der Waals surface area contributed by atoms with Crippen molar-refractivity contribution in [2.75, 3.05) is 0 Å². The van der Waals surface area contributed by atoms with E-state index in [2.05, 4.69) is 9.69 Å². The van der Waals surface area contributed by atoms with Crippen LogP contribution in [0.5, 0.6) is 0 Å². The number of aromatic nitrogens is 1. The van der Waals surface area contributed by atoms with Gasteiger partial charge in [0.1, 0.15) is 11.5 Å². The Hall–Kier alpha value is -5.24. The standard InChI is InChI=1S/C25H15N5O2/c1-28-18(16-26)6-4-8-20-10-14-24(31-20)22-12-13-23(30(22)3)25-15-11-21(32-25)9-5-7-19(17-27)29-2/h4-15H,3H3/b8-4+,9-5+,18-6-,19-7+. The van der Waals surface area contributed by atoms with Crippen LogP contribution in [0.3, 0.4) is 0 Å². The van der Waals surface area contributed by atoms with Crippen molar-refractivity contribution in [3.63, 3.8) is 0 Å². The molecular weight excluding hydrogens is 402 g/mol. The second-order valence-electron chi connectivity index (χ2n) is 6.34. The minimum absolute atomic E-state index is 0.000632. The van der Waals surface area contributed by atoms with E-state index in [0.29, 0.717) is 23.0 Å². The Morgan fingerprint density at radius 1 is 0.812 bits per heavy atom. The lowest BCUT2D eigenvalue weighted by atomic mass is 10.3. The molecule has 0 aliphatic heterocycles. The van der Waals surface area contributed by atoms with Crippen LogP contribution in [0.15, 0.2) is 80.9 Å². The van der Waals surface area contributed by atoms with Gasteiger partial charge in [0, 0.05) is 7.05 Å². The molecule has 0 aliphatic rings. The zero-order chi connectivity index (χ0) is 22.9. The molecule has 7 heteroatoms. The van der Waals surface area contributed by atoms with Crippen LogP contribution in [0.4, 0.5) is 0 Å². The van der Waals surface area contributed by atoms with Gasteiger partial charge in [0.05, 0.1) is 36.7 Å². The van der Waals surface area contributed by atoms with Crippen molar-refractivity contribution in [2.45, 2.75) is 0 Å². The molecule has 0 N–H and O–H groups in total. The van der Waals surface area contributed by atoms with E-state index in [0.717, 1.165) is 11.4 Å². The highest BCUT2D eigenvalue weighted by molar-refractivity contribution is 5.66. The van der Waals surface area contributed by atoms with Crippen molar-refractivity contribution in [2.24, 2.45) is 7.05 Å². The maximum absolute atomic E-state index is 8.76. The summed E-state index contributed by atoms with van der Waals surface area (Å²) in [4.78, 5) is 6.18. The summed E-state index contributed by atoms with van der Waals surface area (Å²) in [6.07, 6.45) is 9.41. The van der Waals surface area contributed by atoms with E-state index < -0.39 is 0 Å². The Morgan fingerprint density at radius 3 is 1.62 bits per heavy atom. The molecule has 3 aromatic rings. The molecule has 0 amide bonds. The van der Waals surface area contributed by atoms with Gasteiger partial charge in [-0.15, -0.1) is 0 Å². The fourth-order valence-corrected chi connectivity index (χ4v) is 2.83. The number of hydrogen-bond acceptors (Lipinski definition) is 4. The number of allylic oxidation sites excluding steroid dienone is 6. The molecule has 3 heterocycles. The molecule has 32 heavy (non-hydrogen) atoms. The van der Waals surface area contributed by atoms with Crippen LogP contribution in [0.25, 0.3) is 44.8 Å². The van der Waals surface area contributed by atoms with Gasteiger partial charge in [0.2, 0.25) is 0 Å². The zero-order valence-electron chi connectivity index (χ0n) is 17.0. The Kier molecular flexibility index (Phi) is 6.70. The number of nitrogens with zero attached hydrogens (tertiary/aromatic N) is 5. The van der Waals surface area contributed by atoms with E-state index in [1.165, 1.54) is 12.2 Å². The average Bonchev–Trinajstić information content (AvgIpc) is 3.54. The summed E-state index contributed by atoms with van der Waals surface area (Å²) in [5, 5.41) is 17.5. The van der Waals surface area contributed by atoms with Gasteiger partial charge in [0.25, 0.3) is 11.4 Å². The SMILES string of the molecule is [C-]#[N+]/C(C#N)=C\C=C\c1ccc(-c2ccc(-c3ccc(/C=C/C=C(\C#N)[N+]#[C-])o3)n2C)o1. The van der Waals surface area contributed by atoms with Gasteiger partial charge in [-0.3, -0.25) is 0 Å². The van der Waals surface area contributed by atoms with Gasteiger partial charge >= 0.3 is 0 Å². The molecule has 0 saturated heterocycles. The molecule has 0 bridgehead atoms. The van der Waals surface area contributed by atoms with Gasteiger partial charge in [-0.1, -0.05) is 12.2 Å². The zero-order valence-corrected chi connectivity index (χ0v) is 17.0. The third-order valence-electron chi connectivity index (χ3n) is 4.38. The summed E-state index contributed by atoms with van der Waals surface area (Å²) in [5.41, 5.74) is 1.70. The molecule has 3 rings (SSSR count). The Labute approximate surface area is 185 Å². The molecule has 0 aliphatic carbocycles. The number of rotatable bonds is 6. The van der Waals surface area contributed by atoms with Crippen molar-refractivity contribution >= 4 is 12.2 Å². The van der Waals surface area contributed by atoms with Crippen molar-refractivity contribution < 1.29 is 8.83 Å². The minimum atomic E-state index is 0.000632. The van der Waals surface area contributed by atoms with Crippen molar-refractivity contribution in [1.29, 1.82) is 10.5 Å². The van der Waals surface area contributed by atoms with E-state index in [-0.39, 0.29) is 11.4 Å². The minimum Gasteiger partial charge on any atom is -0.455 e. The van der Waals surface area contributed by atoms with Crippen LogP contribution in [-0.4, -0.2) is 4.57 Å². The molecule has 0 fully saturated rings. The fraction of sp³-hybridized carbons (Fsp3) is 0.0400. The largest absolute Gasteiger partial charge is 0.455 e. The molecule has 0 radical (unpaired) electrons. The number of nitriles is 2. The molecule has 0 atom stereocenters. The van der Waals surface area contributed by atoms with E-state index in [1.807, 2.05) is 35.9 Å². The van der Waals surface area contributed by atoms with Crippen LogP contribution in [-0.2, 0) is 7.05 Å². The predicted molar refractivity (Wildman–Crippen MR) is 119 cm³/mol. The molecule has 3 aromatic heterocycles. The van der Waals surface area contributed by atoms with Crippen LogP contribution in [0.1, 0.15) is 11.5 Å². The van der Waals surface area contributed by atoms with Gasteiger partial charge in [-0.25, -0.2) is 20.2 Å². The topological polar surface area (TPSA) is 87.5 Å². The highest BCUT2D eigenvalue weighted by Crippen LogP contribution is 2.30. The molecule has 0 unspecified atom stereocenters. The van der Waals surface area contributed by atoms with Gasteiger partial charge < -0.3 is 13.4 Å². The van der Waals surface area contributed by atoms with Crippen molar-refractivity contribution in [3.8, 4) is 35.0 Å². The molecule has 152 valence electrons. The normalized spacial score (nSPS) is 11.9. The third-order valence-corrected chi connectivity index (χ3v) is 4.38. The van der Waals surface area contributed by atoms with Crippen molar-refractivity contribution in [3.05, 3.63) is 106 Å². The van der Waals surface area contributed by atoms with Crippen molar-refractivity contribution in [1.82, 2.24) is 4.57 Å². The van der Waals surface area contributed by atoms with E-state index in [4.69, 9.17) is 32.5 Å². The summed E-state index contributed by atoms with van der Waals surface area (Å²) in [6.45, 7) is 13.7. The summed E-state index contributed by atoms with van der Waals surface area (Å²) >= 11 is 0. The molecule has 0 saturated carbocycles. The molecule has 0 aromatic carbocycles. The predicted octanol–water partition coefficient (Wildman–Crippen LogP) is 6.23. The Morgan fingerprint density at radius 2 is 1.25 bits per heavy atom. The molecular formula is C25H15N5O2. The Balaban J connectivity index is 1.79. The highest BCUT2D eigenvalue weighted by Gasteiger charge is 2.14. The van der Waals surface area contributed by atoms with Gasteiger partial charge in [0.15, 0.2) is 11.5 Å². The fourth-order valence-electron chi connectivity index (χ4n) is 2.83. The first-order chi connectivity index (χ1) is 15.6. The lowest BCUT2D eigenvalue weighted by molar-refractivity contribution is 0.561. The van der Waals surface area contributed by atoms with Gasteiger partial charge in [-0.05, 0) is 60.7 Å². The average molecular weight is 417 g/mol. The smallest absolute Gasteiger partial charge is 0.261 e. The van der Waals surface area contributed by atoms with Crippen LogP contribution >= 0.6 is 0 Å². The quantitative estimate of drug-likeness (QED) is 0.270. The lowest BCUT2D eigenvalue weighted by Gasteiger charge is -2.04. The van der Waals surface area contributed by atoms with Gasteiger partial charge in [-0.2, -0.15) is 0 Å². The maximum atomic E-state index is 8.76. The van der Waals surface area contributed by atoms with Crippen LogP contribution < -0.4 is 0 Å². The first-order valence-electron chi connectivity index (χ1n) is 9.27. The second-order valence-corrected chi connectivity index (χ2v) is 6.34. The Bertz CT molecular complexity index is 1290. The van der Waals surface area contributed by atoms with E-state index in [9.17, 15) is 0 Å². The van der Waals surface area contributed by atoms with E-state index >= 15 is 0 Å². The lowest BCUT2D eigenvalue weighted by Crippen LogP contribution is -1.92.